The molecule has 3 rings (SSSR count). The van der Waals surface area contributed by atoms with Crippen LogP contribution in [0.5, 0.6) is 0 Å². The van der Waals surface area contributed by atoms with Crippen LogP contribution in [0.4, 0.5) is 4.79 Å². The summed E-state index contributed by atoms with van der Waals surface area (Å²) in [6.07, 6.45) is 1.65. The molecular formula is C14H17ClN2O2. The monoisotopic (exact) mass is 280 g/mol. The lowest BCUT2D eigenvalue weighted by atomic mass is 9.88. The maximum absolute atomic E-state index is 12.0. The second kappa shape index (κ2) is 5.02. The van der Waals surface area contributed by atoms with Crippen molar-refractivity contribution in [3.8, 4) is 0 Å². The van der Waals surface area contributed by atoms with Gasteiger partial charge in [-0.25, -0.2) is 4.79 Å². The number of carbonyl (C=O) groups is 1. The molecule has 1 N–H and O–H groups in total. The molecule has 4 nitrogen and oxygen atoms in total. The molecule has 2 aliphatic rings. The first-order valence-corrected chi connectivity index (χ1v) is 6.98. The molecule has 0 atom stereocenters. The second-order valence-corrected chi connectivity index (χ2v) is 5.61. The van der Waals surface area contributed by atoms with Gasteiger partial charge in [-0.05, 0) is 37.6 Å². The lowest BCUT2D eigenvalue weighted by Gasteiger charge is -2.39. The van der Waals surface area contributed by atoms with E-state index in [9.17, 15) is 4.79 Å². The average Bonchev–Trinajstić information content (AvgIpc) is 2.71. The van der Waals surface area contributed by atoms with E-state index in [1.54, 1.807) is 0 Å². The van der Waals surface area contributed by atoms with E-state index in [0.717, 1.165) is 31.5 Å². The van der Waals surface area contributed by atoms with Crippen molar-refractivity contribution in [2.45, 2.75) is 24.9 Å². The summed E-state index contributed by atoms with van der Waals surface area (Å²) in [5.41, 5.74) is 0.822. The number of hydrogen-bond donors (Lipinski definition) is 1. The third kappa shape index (κ3) is 2.30. The number of halogens is 1. The first-order valence-electron chi connectivity index (χ1n) is 6.60. The van der Waals surface area contributed by atoms with Gasteiger partial charge in [-0.3, -0.25) is 4.90 Å². The number of amides is 1. The SMILES string of the molecule is O=C1OCC2(CCNCC2)N1Cc1ccccc1Cl. The van der Waals surface area contributed by atoms with Crippen molar-refractivity contribution in [3.63, 3.8) is 0 Å². The molecule has 1 amide bonds. The predicted octanol–water partition coefficient (Wildman–Crippen LogP) is 2.41. The standard InChI is InChI=1S/C14H17ClN2O2/c15-12-4-2-1-3-11(12)9-17-13(18)19-10-14(17)5-7-16-8-6-14/h1-4,16H,5-10H2. The molecule has 1 aromatic carbocycles. The second-order valence-electron chi connectivity index (χ2n) is 5.21. The smallest absolute Gasteiger partial charge is 0.410 e. The molecule has 1 aromatic rings. The van der Waals surface area contributed by atoms with Crippen molar-refractivity contribution in [1.82, 2.24) is 10.2 Å². The van der Waals surface area contributed by atoms with Crippen LogP contribution in [0.3, 0.4) is 0 Å². The van der Waals surface area contributed by atoms with Crippen molar-refractivity contribution in [2.75, 3.05) is 19.7 Å². The van der Waals surface area contributed by atoms with Gasteiger partial charge in [-0.1, -0.05) is 29.8 Å². The first kappa shape index (κ1) is 12.8. The predicted molar refractivity (Wildman–Crippen MR) is 73.2 cm³/mol. The average molecular weight is 281 g/mol. The molecule has 0 bridgehead atoms. The summed E-state index contributed by atoms with van der Waals surface area (Å²) in [5, 5.41) is 4.03. The van der Waals surface area contributed by atoms with Gasteiger partial charge in [0.15, 0.2) is 0 Å². The Labute approximate surface area is 117 Å². The molecule has 0 saturated carbocycles. The minimum Gasteiger partial charge on any atom is -0.447 e. The molecule has 2 aliphatic heterocycles. The minimum absolute atomic E-state index is 0.151. The topological polar surface area (TPSA) is 41.6 Å². The number of ether oxygens (including phenoxy) is 1. The number of nitrogens with zero attached hydrogens (tertiary/aromatic N) is 1. The van der Waals surface area contributed by atoms with E-state index in [1.807, 2.05) is 29.2 Å². The largest absolute Gasteiger partial charge is 0.447 e. The number of nitrogens with one attached hydrogen (secondary N) is 1. The Morgan fingerprint density at radius 2 is 2.05 bits per heavy atom. The highest BCUT2D eigenvalue weighted by molar-refractivity contribution is 6.31. The number of rotatable bonds is 2. The molecule has 0 aromatic heterocycles. The lowest BCUT2D eigenvalue weighted by molar-refractivity contribution is 0.119. The van der Waals surface area contributed by atoms with Gasteiger partial charge in [0, 0.05) is 5.02 Å². The van der Waals surface area contributed by atoms with Gasteiger partial charge in [0.25, 0.3) is 0 Å². The summed E-state index contributed by atoms with van der Waals surface area (Å²) >= 11 is 6.19. The van der Waals surface area contributed by atoms with Crippen LogP contribution >= 0.6 is 11.6 Å². The number of hydrogen-bond acceptors (Lipinski definition) is 3. The Morgan fingerprint density at radius 3 is 2.79 bits per heavy atom. The summed E-state index contributed by atoms with van der Waals surface area (Å²) in [5.74, 6) is 0. The van der Waals surface area contributed by atoms with Crippen LogP contribution < -0.4 is 5.32 Å². The van der Waals surface area contributed by atoms with E-state index in [2.05, 4.69) is 5.32 Å². The van der Waals surface area contributed by atoms with Crippen molar-refractivity contribution in [1.29, 1.82) is 0 Å². The normalized spacial score (nSPS) is 21.7. The van der Waals surface area contributed by atoms with Gasteiger partial charge in [0.05, 0.1) is 12.1 Å². The Hall–Kier alpha value is -1.26. The van der Waals surface area contributed by atoms with E-state index in [4.69, 9.17) is 16.3 Å². The molecule has 2 fully saturated rings. The minimum atomic E-state index is -0.221. The third-order valence-corrected chi connectivity index (χ3v) is 4.45. The van der Waals surface area contributed by atoms with E-state index < -0.39 is 0 Å². The van der Waals surface area contributed by atoms with Gasteiger partial charge in [0.2, 0.25) is 0 Å². The van der Waals surface area contributed by atoms with Gasteiger partial charge in [-0.15, -0.1) is 0 Å². The Balaban J connectivity index is 1.85. The van der Waals surface area contributed by atoms with Gasteiger partial charge in [-0.2, -0.15) is 0 Å². The van der Waals surface area contributed by atoms with Crippen LogP contribution in [0, 0.1) is 0 Å². The highest BCUT2D eigenvalue weighted by atomic mass is 35.5. The molecule has 0 aliphatic carbocycles. The maximum atomic E-state index is 12.0. The lowest BCUT2D eigenvalue weighted by Crippen LogP contribution is -2.53. The fraction of sp³-hybridized carbons (Fsp3) is 0.500. The molecule has 2 saturated heterocycles. The number of cyclic esters (lactones) is 1. The Morgan fingerprint density at radius 1 is 1.32 bits per heavy atom. The molecule has 1 spiro atoms. The van der Waals surface area contributed by atoms with Gasteiger partial charge >= 0.3 is 6.09 Å². The van der Waals surface area contributed by atoms with E-state index in [-0.39, 0.29) is 11.6 Å². The van der Waals surface area contributed by atoms with Crippen LogP contribution in [0.2, 0.25) is 5.02 Å². The van der Waals surface area contributed by atoms with Crippen LogP contribution in [-0.2, 0) is 11.3 Å². The molecule has 5 heteroatoms. The van der Waals surface area contributed by atoms with Crippen LogP contribution in [0.1, 0.15) is 18.4 Å². The third-order valence-electron chi connectivity index (χ3n) is 4.08. The van der Waals surface area contributed by atoms with Crippen molar-refractivity contribution in [3.05, 3.63) is 34.9 Å². The van der Waals surface area contributed by atoms with Gasteiger partial charge < -0.3 is 10.1 Å². The molecule has 0 unspecified atom stereocenters. The van der Waals surface area contributed by atoms with E-state index >= 15 is 0 Å². The fourth-order valence-electron chi connectivity index (χ4n) is 2.88. The summed E-state index contributed by atoms with van der Waals surface area (Å²) < 4.78 is 5.29. The zero-order valence-corrected chi connectivity index (χ0v) is 11.4. The molecule has 2 heterocycles. The quantitative estimate of drug-likeness (QED) is 0.905. The van der Waals surface area contributed by atoms with Crippen molar-refractivity contribution < 1.29 is 9.53 Å². The fourth-order valence-corrected chi connectivity index (χ4v) is 3.08. The summed E-state index contributed by atoms with van der Waals surface area (Å²) in [6, 6.07) is 7.66. The van der Waals surface area contributed by atoms with Crippen LogP contribution in [0.15, 0.2) is 24.3 Å². The van der Waals surface area contributed by atoms with Crippen molar-refractivity contribution >= 4 is 17.7 Å². The van der Waals surface area contributed by atoms with Gasteiger partial charge in [0.1, 0.15) is 6.61 Å². The molecule has 19 heavy (non-hydrogen) atoms. The summed E-state index contributed by atoms with van der Waals surface area (Å²) in [6.45, 7) is 2.88. The molecule has 0 radical (unpaired) electrons. The molecular weight excluding hydrogens is 264 g/mol. The first-order chi connectivity index (χ1) is 9.21. The number of carbonyl (C=O) groups excluding carboxylic acids is 1. The summed E-state index contributed by atoms with van der Waals surface area (Å²) in [4.78, 5) is 13.9. The van der Waals surface area contributed by atoms with E-state index in [0.29, 0.717) is 18.2 Å². The maximum Gasteiger partial charge on any atom is 0.410 e. The molecule has 102 valence electrons. The highest BCUT2D eigenvalue weighted by Crippen LogP contribution is 2.34. The number of benzene rings is 1. The van der Waals surface area contributed by atoms with Crippen molar-refractivity contribution in [2.24, 2.45) is 0 Å². The van der Waals surface area contributed by atoms with Crippen LogP contribution in [0.25, 0.3) is 0 Å². The van der Waals surface area contributed by atoms with Crippen LogP contribution in [-0.4, -0.2) is 36.2 Å². The Kier molecular flexibility index (Phi) is 3.37. The summed E-state index contributed by atoms with van der Waals surface area (Å²) in [7, 11) is 0. The number of piperidine rings is 1. The highest BCUT2D eigenvalue weighted by Gasteiger charge is 2.47. The Bertz CT molecular complexity index is 486. The zero-order chi connectivity index (χ0) is 13.3. The zero-order valence-electron chi connectivity index (χ0n) is 10.7. The van der Waals surface area contributed by atoms with E-state index in [1.165, 1.54) is 0 Å².